The van der Waals surface area contributed by atoms with Gasteiger partial charge in [0.1, 0.15) is 6.54 Å². The second kappa shape index (κ2) is 8.75. The maximum absolute atomic E-state index is 13.0. The number of nitrogens with one attached hydrogen (secondary N) is 1. The van der Waals surface area contributed by atoms with Crippen molar-refractivity contribution in [1.29, 1.82) is 0 Å². The third kappa shape index (κ3) is 4.33. The molecule has 0 unspecified atom stereocenters. The van der Waals surface area contributed by atoms with Crippen LogP contribution in [0.1, 0.15) is 37.0 Å². The van der Waals surface area contributed by atoms with E-state index in [9.17, 15) is 18.0 Å². The van der Waals surface area contributed by atoms with Crippen LogP contribution in [-0.2, 0) is 14.8 Å². The fraction of sp³-hybridized carbons (Fsp3) is 0.333. The first-order chi connectivity index (χ1) is 13.9. The van der Waals surface area contributed by atoms with Crippen molar-refractivity contribution < 1.29 is 18.0 Å². The quantitative estimate of drug-likeness (QED) is 0.753. The summed E-state index contributed by atoms with van der Waals surface area (Å²) in [6.45, 7) is 4.60. The second-order valence-corrected chi connectivity index (χ2v) is 8.77. The fourth-order valence-electron chi connectivity index (χ4n) is 3.27. The Morgan fingerprint density at radius 1 is 1.10 bits per heavy atom. The highest BCUT2D eigenvalue weighted by atomic mass is 32.2. The van der Waals surface area contributed by atoms with Crippen LogP contribution in [0.15, 0.2) is 53.4 Å². The predicted octanol–water partition coefficient (Wildman–Crippen LogP) is 3.10. The number of unbranched alkanes of at least 4 members (excludes halogenated alkanes) is 1. The van der Waals surface area contributed by atoms with E-state index in [0.717, 1.165) is 12.8 Å². The lowest BCUT2D eigenvalue weighted by Gasteiger charge is -2.29. The molecule has 2 aromatic rings. The Hall–Kier alpha value is -2.71. The van der Waals surface area contributed by atoms with Gasteiger partial charge in [0.25, 0.3) is 5.91 Å². The van der Waals surface area contributed by atoms with Crippen molar-refractivity contribution >= 4 is 33.2 Å². The summed E-state index contributed by atoms with van der Waals surface area (Å²) < 4.78 is 27.1. The standard InChI is InChI=1S/C21H25N3O4S/c1-3-5-14-23(4-2)29(27,28)17-12-10-16(11-13-17)21(26)24-15-20(25)22-18-8-6-7-9-19(18)24/h6-13H,3-5,14-15H2,1-2H3,(H,22,25). The van der Waals surface area contributed by atoms with Gasteiger partial charge in [0, 0.05) is 18.7 Å². The monoisotopic (exact) mass is 415 g/mol. The number of carbonyl (C=O) groups excluding carboxylic acids is 2. The first-order valence-corrected chi connectivity index (χ1v) is 11.1. The number of fused-ring (bicyclic) bond motifs is 1. The molecule has 154 valence electrons. The molecule has 1 aliphatic heterocycles. The molecule has 8 heteroatoms. The molecule has 0 saturated heterocycles. The van der Waals surface area contributed by atoms with Crippen molar-refractivity contribution in [3.63, 3.8) is 0 Å². The van der Waals surface area contributed by atoms with E-state index in [2.05, 4.69) is 5.32 Å². The Morgan fingerprint density at radius 3 is 2.45 bits per heavy atom. The Bertz CT molecular complexity index is 1000. The van der Waals surface area contributed by atoms with E-state index in [4.69, 9.17) is 0 Å². The van der Waals surface area contributed by atoms with Gasteiger partial charge in [-0.25, -0.2) is 8.42 Å². The molecule has 0 radical (unpaired) electrons. The van der Waals surface area contributed by atoms with E-state index in [0.29, 0.717) is 30.0 Å². The van der Waals surface area contributed by atoms with Crippen LogP contribution in [0.3, 0.4) is 0 Å². The van der Waals surface area contributed by atoms with Gasteiger partial charge >= 0.3 is 0 Å². The van der Waals surface area contributed by atoms with E-state index < -0.39 is 10.0 Å². The summed E-state index contributed by atoms with van der Waals surface area (Å²) >= 11 is 0. The molecule has 0 aromatic heterocycles. The highest BCUT2D eigenvalue weighted by molar-refractivity contribution is 7.89. The number of anilines is 2. The van der Waals surface area contributed by atoms with Crippen molar-refractivity contribution in [2.45, 2.75) is 31.6 Å². The average molecular weight is 416 g/mol. The summed E-state index contributed by atoms with van der Waals surface area (Å²) in [5.41, 5.74) is 1.52. The van der Waals surface area contributed by atoms with Gasteiger partial charge in [0.15, 0.2) is 0 Å². The van der Waals surface area contributed by atoms with E-state index in [-0.39, 0.29) is 23.3 Å². The zero-order chi connectivity index (χ0) is 21.0. The van der Waals surface area contributed by atoms with Gasteiger partial charge in [0.2, 0.25) is 15.9 Å². The van der Waals surface area contributed by atoms with Gasteiger partial charge in [0.05, 0.1) is 16.3 Å². The van der Waals surface area contributed by atoms with Crippen LogP contribution in [0.2, 0.25) is 0 Å². The molecule has 2 amide bonds. The summed E-state index contributed by atoms with van der Waals surface area (Å²) in [5.74, 6) is -0.625. The molecule has 1 N–H and O–H groups in total. The third-order valence-electron chi connectivity index (χ3n) is 4.87. The number of carbonyl (C=O) groups is 2. The fourth-order valence-corrected chi connectivity index (χ4v) is 4.76. The zero-order valence-electron chi connectivity index (χ0n) is 16.6. The predicted molar refractivity (Wildman–Crippen MR) is 113 cm³/mol. The van der Waals surface area contributed by atoms with Gasteiger partial charge < -0.3 is 5.32 Å². The summed E-state index contributed by atoms with van der Waals surface area (Å²) in [5, 5.41) is 2.74. The average Bonchev–Trinajstić information content (AvgIpc) is 2.73. The first-order valence-electron chi connectivity index (χ1n) is 9.69. The smallest absolute Gasteiger partial charge is 0.258 e. The van der Waals surface area contributed by atoms with Crippen LogP contribution < -0.4 is 10.2 Å². The highest BCUT2D eigenvalue weighted by Gasteiger charge is 2.28. The number of rotatable bonds is 7. The molecular weight excluding hydrogens is 390 g/mol. The summed E-state index contributed by atoms with van der Waals surface area (Å²) in [4.78, 5) is 26.5. The topological polar surface area (TPSA) is 86.8 Å². The first kappa shape index (κ1) is 21.0. The molecule has 3 rings (SSSR count). The minimum Gasteiger partial charge on any atom is -0.323 e. The van der Waals surface area contributed by atoms with Crippen LogP contribution in [0.5, 0.6) is 0 Å². The minimum atomic E-state index is -3.60. The second-order valence-electron chi connectivity index (χ2n) is 6.83. The minimum absolute atomic E-state index is 0.0868. The maximum atomic E-state index is 13.0. The van der Waals surface area contributed by atoms with Crippen LogP contribution >= 0.6 is 0 Å². The lowest BCUT2D eigenvalue weighted by atomic mass is 10.1. The van der Waals surface area contributed by atoms with Crippen molar-refractivity contribution in [2.24, 2.45) is 0 Å². The molecule has 1 aliphatic rings. The van der Waals surface area contributed by atoms with Crippen LogP contribution in [0, 0.1) is 0 Å². The third-order valence-corrected chi connectivity index (χ3v) is 6.86. The number of benzene rings is 2. The normalized spacial score (nSPS) is 13.9. The van der Waals surface area contributed by atoms with Crippen LogP contribution in [-0.4, -0.2) is 44.2 Å². The molecule has 0 bridgehead atoms. The molecule has 0 spiro atoms. The summed E-state index contributed by atoms with van der Waals surface area (Å²) in [6, 6.07) is 13.0. The lowest BCUT2D eigenvalue weighted by Crippen LogP contribution is -2.42. The van der Waals surface area contributed by atoms with Gasteiger partial charge in [-0.3, -0.25) is 14.5 Å². The molecule has 0 aliphatic carbocycles. The van der Waals surface area contributed by atoms with Gasteiger partial charge in [-0.05, 0) is 42.8 Å². The Morgan fingerprint density at radius 2 is 1.79 bits per heavy atom. The molecule has 0 fully saturated rings. The van der Waals surface area contributed by atoms with E-state index >= 15 is 0 Å². The number of nitrogens with zero attached hydrogens (tertiary/aromatic N) is 2. The largest absolute Gasteiger partial charge is 0.323 e. The Kier molecular flexibility index (Phi) is 6.34. The Labute approximate surface area is 171 Å². The van der Waals surface area contributed by atoms with E-state index in [1.807, 2.05) is 13.8 Å². The van der Waals surface area contributed by atoms with Gasteiger partial charge in [-0.1, -0.05) is 32.4 Å². The maximum Gasteiger partial charge on any atom is 0.258 e. The molecule has 29 heavy (non-hydrogen) atoms. The SMILES string of the molecule is CCCCN(CC)S(=O)(=O)c1ccc(C(=O)N2CC(=O)Nc3ccccc32)cc1. The highest BCUT2D eigenvalue weighted by Crippen LogP contribution is 2.30. The van der Waals surface area contributed by atoms with Crippen molar-refractivity contribution in [2.75, 3.05) is 29.9 Å². The molecular formula is C21H25N3O4S. The van der Waals surface area contributed by atoms with Crippen molar-refractivity contribution in [3.05, 3.63) is 54.1 Å². The number of hydrogen-bond acceptors (Lipinski definition) is 4. The number of hydrogen-bond donors (Lipinski definition) is 1. The van der Waals surface area contributed by atoms with Gasteiger partial charge in [-0.15, -0.1) is 0 Å². The number of para-hydroxylation sites is 2. The molecule has 0 saturated carbocycles. The number of amides is 2. The molecule has 1 heterocycles. The van der Waals surface area contributed by atoms with Gasteiger partial charge in [-0.2, -0.15) is 4.31 Å². The van der Waals surface area contributed by atoms with Crippen LogP contribution in [0.4, 0.5) is 11.4 Å². The molecule has 0 atom stereocenters. The van der Waals surface area contributed by atoms with Crippen molar-refractivity contribution in [1.82, 2.24) is 4.31 Å². The summed E-state index contributed by atoms with van der Waals surface area (Å²) in [7, 11) is -3.60. The molecule has 7 nitrogen and oxygen atoms in total. The van der Waals surface area contributed by atoms with E-state index in [1.54, 1.807) is 24.3 Å². The zero-order valence-corrected chi connectivity index (χ0v) is 17.4. The van der Waals surface area contributed by atoms with Crippen molar-refractivity contribution in [3.8, 4) is 0 Å². The number of sulfonamides is 1. The summed E-state index contributed by atoms with van der Waals surface area (Å²) in [6.07, 6.45) is 1.70. The lowest BCUT2D eigenvalue weighted by molar-refractivity contribution is -0.115. The Balaban J connectivity index is 1.85. The molecule has 2 aromatic carbocycles. The van der Waals surface area contributed by atoms with E-state index in [1.165, 1.54) is 33.5 Å². The van der Waals surface area contributed by atoms with Crippen LogP contribution in [0.25, 0.3) is 0 Å².